The van der Waals surface area contributed by atoms with Gasteiger partial charge in [-0.25, -0.2) is 9.98 Å². The summed E-state index contributed by atoms with van der Waals surface area (Å²) in [5, 5.41) is 0. The number of rotatable bonds is 5. The van der Waals surface area contributed by atoms with Gasteiger partial charge in [0.2, 0.25) is 11.8 Å². The molecule has 1 aliphatic heterocycles. The van der Waals surface area contributed by atoms with Crippen LogP contribution in [0.5, 0.6) is 0 Å². The Bertz CT molecular complexity index is 335. The zero-order valence-corrected chi connectivity index (χ0v) is 11.8. The second-order valence-corrected chi connectivity index (χ2v) is 4.77. The molecule has 0 saturated heterocycles. The van der Waals surface area contributed by atoms with Gasteiger partial charge >= 0.3 is 0 Å². The summed E-state index contributed by atoms with van der Waals surface area (Å²) in [4.78, 5) is 9.26. The lowest BCUT2D eigenvalue weighted by molar-refractivity contribution is 0.330. The molecule has 0 radical (unpaired) electrons. The Kier molecular flexibility index (Phi) is 5.89. The Labute approximate surface area is 110 Å². The molecule has 1 heterocycles. The molecule has 0 spiro atoms. The molecule has 0 unspecified atom stereocenters. The molecular formula is C14H24N2O2. The molecular weight excluding hydrogens is 228 g/mol. The van der Waals surface area contributed by atoms with Gasteiger partial charge in [0.1, 0.15) is 12.1 Å². The van der Waals surface area contributed by atoms with E-state index in [1.165, 1.54) is 0 Å². The number of hydrogen-bond donors (Lipinski definition) is 0. The Hall–Kier alpha value is -1.32. The van der Waals surface area contributed by atoms with Gasteiger partial charge in [0, 0.05) is 0 Å². The summed E-state index contributed by atoms with van der Waals surface area (Å²) in [7, 11) is 3.31. The standard InChI is InChI=1S/C14H24N2O2/c1-6-7-8-9-11-13(17-4)16-12(10(2)3)14(15-11)18-5/h6,10-12H,1,7-9H2,2-5H3/t11-,12+/m0/s1. The van der Waals surface area contributed by atoms with Crippen molar-refractivity contribution in [2.24, 2.45) is 15.9 Å². The predicted octanol–water partition coefficient (Wildman–Crippen LogP) is 2.84. The van der Waals surface area contributed by atoms with Crippen LogP contribution in [0.1, 0.15) is 33.1 Å². The Morgan fingerprint density at radius 2 is 1.89 bits per heavy atom. The highest BCUT2D eigenvalue weighted by Crippen LogP contribution is 2.20. The molecule has 0 amide bonds. The first-order valence-corrected chi connectivity index (χ1v) is 6.48. The smallest absolute Gasteiger partial charge is 0.209 e. The maximum atomic E-state index is 5.37. The van der Waals surface area contributed by atoms with Gasteiger partial charge in [-0.2, -0.15) is 0 Å². The summed E-state index contributed by atoms with van der Waals surface area (Å²) in [5.74, 6) is 1.79. The Morgan fingerprint density at radius 3 is 2.39 bits per heavy atom. The highest BCUT2D eigenvalue weighted by molar-refractivity contribution is 5.94. The third-order valence-corrected chi connectivity index (χ3v) is 3.02. The molecule has 0 aliphatic carbocycles. The fourth-order valence-electron chi connectivity index (χ4n) is 2.00. The van der Waals surface area contributed by atoms with Crippen molar-refractivity contribution in [2.75, 3.05) is 14.2 Å². The fraction of sp³-hybridized carbons (Fsp3) is 0.714. The predicted molar refractivity (Wildman–Crippen MR) is 75.4 cm³/mol. The maximum Gasteiger partial charge on any atom is 0.209 e. The average Bonchev–Trinajstić information content (AvgIpc) is 2.38. The Morgan fingerprint density at radius 1 is 1.22 bits per heavy atom. The van der Waals surface area contributed by atoms with E-state index >= 15 is 0 Å². The minimum atomic E-state index is -0.0272. The minimum Gasteiger partial charge on any atom is -0.483 e. The summed E-state index contributed by atoms with van der Waals surface area (Å²) in [6, 6.07) is -0.0412. The lowest BCUT2D eigenvalue weighted by Gasteiger charge is -2.26. The summed E-state index contributed by atoms with van der Waals surface area (Å²) in [6.45, 7) is 7.94. The van der Waals surface area contributed by atoms with Crippen molar-refractivity contribution in [3.63, 3.8) is 0 Å². The van der Waals surface area contributed by atoms with Crippen molar-refractivity contribution < 1.29 is 9.47 Å². The molecule has 102 valence electrons. The van der Waals surface area contributed by atoms with Crippen molar-refractivity contribution in [3.05, 3.63) is 12.7 Å². The number of nitrogens with zero attached hydrogens (tertiary/aromatic N) is 2. The fourth-order valence-corrected chi connectivity index (χ4v) is 2.00. The van der Waals surface area contributed by atoms with E-state index in [0.717, 1.165) is 31.1 Å². The lowest BCUT2D eigenvalue weighted by Crippen LogP contribution is -2.37. The molecule has 0 aromatic heterocycles. The van der Waals surface area contributed by atoms with Crippen LogP contribution >= 0.6 is 0 Å². The van der Waals surface area contributed by atoms with Crippen LogP contribution in [0, 0.1) is 5.92 Å². The first kappa shape index (κ1) is 14.7. The van der Waals surface area contributed by atoms with Gasteiger partial charge in [-0.15, -0.1) is 6.58 Å². The van der Waals surface area contributed by atoms with E-state index in [1.807, 2.05) is 6.08 Å². The SMILES string of the molecule is C=CCCC[C@@H]1N=C(OC)[C@@H](C(C)C)N=C1OC. The zero-order chi connectivity index (χ0) is 13.5. The monoisotopic (exact) mass is 252 g/mol. The number of aliphatic imine (C=N–C) groups is 2. The van der Waals surface area contributed by atoms with Crippen molar-refractivity contribution in [1.82, 2.24) is 0 Å². The summed E-state index contributed by atoms with van der Waals surface area (Å²) < 4.78 is 10.7. The second-order valence-electron chi connectivity index (χ2n) is 4.77. The first-order valence-electron chi connectivity index (χ1n) is 6.48. The van der Waals surface area contributed by atoms with Crippen LogP contribution in [0.15, 0.2) is 22.6 Å². The second kappa shape index (κ2) is 7.19. The molecule has 2 atom stereocenters. The van der Waals surface area contributed by atoms with Crippen LogP contribution in [0.4, 0.5) is 0 Å². The Balaban J connectivity index is 2.80. The lowest BCUT2D eigenvalue weighted by atomic mass is 10.0. The molecule has 18 heavy (non-hydrogen) atoms. The van der Waals surface area contributed by atoms with Crippen molar-refractivity contribution >= 4 is 11.8 Å². The van der Waals surface area contributed by atoms with E-state index in [1.54, 1.807) is 14.2 Å². The van der Waals surface area contributed by atoms with Crippen LogP contribution in [0.2, 0.25) is 0 Å². The van der Waals surface area contributed by atoms with E-state index in [4.69, 9.17) is 9.47 Å². The quantitative estimate of drug-likeness (QED) is 0.558. The summed E-state index contributed by atoms with van der Waals surface area (Å²) in [6.07, 6.45) is 4.85. The number of hydrogen-bond acceptors (Lipinski definition) is 4. The molecule has 0 aromatic carbocycles. The third-order valence-electron chi connectivity index (χ3n) is 3.02. The van der Waals surface area contributed by atoms with E-state index in [9.17, 15) is 0 Å². The first-order chi connectivity index (χ1) is 8.63. The highest BCUT2D eigenvalue weighted by atomic mass is 16.5. The van der Waals surface area contributed by atoms with Gasteiger partial charge in [0.15, 0.2) is 0 Å². The van der Waals surface area contributed by atoms with Crippen LogP contribution in [0.25, 0.3) is 0 Å². The van der Waals surface area contributed by atoms with Crippen molar-refractivity contribution in [2.45, 2.75) is 45.2 Å². The molecule has 0 fully saturated rings. The van der Waals surface area contributed by atoms with Crippen molar-refractivity contribution in [3.8, 4) is 0 Å². The number of allylic oxidation sites excluding steroid dienone is 1. The van der Waals surface area contributed by atoms with Crippen LogP contribution in [0.3, 0.4) is 0 Å². The maximum absolute atomic E-state index is 5.37. The largest absolute Gasteiger partial charge is 0.483 e. The zero-order valence-electron chi connectivity index (χ0n) is 11.8. The summed E-state index contributed by atoms with van der Waals surface area (Å²) >= 11 is 0. The number of methoxy groups -OCH3 is 2. The van der Waals surface area contributed by atoms with Gasteiger partial charge in [-0.3, -0.25) is 0 Å². The third kappa shape index (κ3) is 3.59. The molecule has 0 aromatic rings. The van der Waals surface area contributed by atoms with Crippen LogP contribution < -0.4 is 0 Å². The van der Waals surface area contributed by atoms with Crippen LogP contribution in [-0.4, -0.2) is 38.1 Å². The molecule has 0 saturated carbocycles. The van der Waals surface area contributed by atoms with Crippen LogP contribution in [-0.2, 0) is 9.47 Å². The molecule has 1 aliphatic rings. The molecule has 0 N–H and O–H groups in total. The van der Waals surface area contributed by atoms with Gasteiger partial charge in [0.05, 0.1) is 14.2 Å². The van der Waals surface area contributed by atoms with E-state index in [0.29, 0.717) is 5.92 Å². The van der Waals surface area contributed by atoms with E-state index in [-0.39, 0.29) is 12.1 Å². The molecule has 4 nitrogen and oxygen atoms in total. The van der Waals surface area contributed by atoms with Gasteiger partial charge in [0.25, 0.3) is 0 Å². The normalized spacial score (nSPS) is 23.4. The van der Waals surface area contributed by atoms with Gasteiger partial charge < -0.3 is 9.47 Å². The van der Waals surface area contributed by atoms with E-state index in [2.05, 4.69) is 30.4 Å². The minimum absolute atomic E-state index is 0.0140. The van der Waals surface area contributed by atoms with E-state index < -0.39 is 0 Å². The highest BCUT2D eigenvalue weighted by Gasteiger charge is 2.30. The molecule has 1 rings (SSSR count). The average molecular weight is 252 g/mol. The number of unbranched alkanes of at least 4 members (excludes halogenated alkanes) is 1. The topological polar surface area (TPSA) is 43.2 Å². The summed E-state index contributed by atoms with van der Waals surface area (Å²) in [5.41, 5.74) is 0. The molecule has 0 bridgehead atoms. The number of ether oxygens (including phenoxy) is 2. The van der Waals surface area contributed by atoms with Crippen molar-refractivity contribution in [1.29, 1.82) is 0 Å². The van der Waals surface area contributed by atoms with Gasteiger partial charge in [-0.1, -0.05) is 19.9 Å². The van der Waals surface area contributed by atoms with Gasteiger partial charge in [-0.05, 0) is 25.2 Å². The molecule has 4 heteroatoms.